The number of benzene rings is 3. The van der Waals surface area contributed by atoms with Gasteiger partial charge in [0, 0.05) is 63.1 Å². The Hall–Kier alpha value is -3.80. The van der Waals surface area contributed by atoms with Crippen LogP contribution in [0.15, 0.2) is 60.7 Å². The predicted octanol–water partition coefficient (Wildman–Crippen LogP) is 6.65. The molecule has 11 heteroatoms. The number of carbonyl (C=O) groups is 2. The average Bonchev–Trinajstić information content (AvgIpc) is 3.07. The van der Waals surface area contributed by atoms with E-state index in [0.717, 1.165) is 60.4 Å². The molecule has 1 amide bonds. The van der Waals surface area contributed by atoms with Crippen LogP contribution in [-0.2, 0) is 16.1 Å². The number of hydrogen-bond donors (Lipinski definition) is 2. The number of likely N-dealkylation sites (N-methyl/N-ethyl adjacent to an activating group) is 1. The Balaban J connectivity index is 1.40. The van der Waals surface area contributed by atoms with Crippen molar-refractivity contribution in [2.75, 3.05) is 57.1 Å². The van der Waals surface area contributed by atoms with Crippen LogP contribution in [-0.4, -0.2) is 79.6 Å². The smallest absolute Gasteiger partial charge is 0.293 e. The zero-order valence-corrected chi connectivity index (χ0v) is 28.3. The minimum Gasteiger partial charge on any atom is -0.493 e. The van der Waals surface area contributed by atoms with Crippen molar-refractivity contribution in [3.63, 3.8) is 0 Å². The van der Waals surface area contributed by atoms with Gasteiger partial charge in [0.2, 0.25) is 0 Å². The Bertz CT molecular complexity index is 1400. The predicted molar refractivity (Wildman–Crippen MR) is 185 cm³/mol. The van der Waals surface area contributed by atoms with Crippen LogP contribution in [0.1, 0.15) is 55.5 Å². The third-order valence-electron chi connectivity index (χ3n) is 8.37. The molecule has 1 heterocycles. The van der Waals surface area contributed by atoms with E-state index in [1.165, 1.54) is 12.1 Å². The summed E-state index contributed by atoms with van der Waals surface area (Å²) < 4.78 is 40.4. The van der Waals surface area contributed by atoms with Gasteiger partial charge in [-0.3, -0.25) is 14.5 Å². The topological polar surface area (TPSA) is 101 Å². The second-order valence-corrected chi connectivity index (χ2v) is 12.4. The molecule has 4 rings (SSSR count). The van der Waals surface area contributed by atoms with Crippen molar-refractivity contribution in [2.24, 2.45) is 0 Å². The van der Waals surface area contributed by atoms with E-state index in [4.69, 9.17) is 18.8 Å². The summed E-state index contributed by atoms with van der Waals surface area (Å²) in [6, 6.07) is 17.8. The third kappa shape index (κ3) is 10.1. The number of piperidine rings is 1. The minimum absolute atomic E-state index is 0.129. The molecule has 3 aromatic rings. The van der Waals surface area contributed by atoms with Gasteiger partial charge in [0.05, 0.1) is 25.3 Å². The number of likely N-dealkylation sites (tertiary alicyclic amines) is 1. The molecular formula is C36H46FN3O6S. The second kappa shape index (κ2) is 17.9. The number of unbranched alkanes of at least 4 members (excludes halogenated alkanes) is 1. The van der Waals surface area contributed by atoms with Crippen molar-refractivity contribution in [3.05, 3.63) is 77.6 Å². The lowest BCUT2D eigenvalue weighted by molar-refractivity contribution is -0.147. The first-order valence-corrected chi connectivity index (χ1v) is 17.1. The Morgan fingerprint density at radius 2 is 1.66 bits per heavy atom. The van der Waals surface area contributed by atoms with Crippen LogP contribution in [0.5, 0.6) is 11.5 Å². The SMILES string of the molecule is CCOc1cc(CN2CCC(CN(C)c3ccc(C(=O)NCCCCSO)cc3)(OC=O)CC2)cc(OCC)c1-c1ccc(F)cc1. The summed E-state index contributed by atoms with van der Waals surface area (Å²) in [7, 11) is 1.96. The van der Waals surface area contributed by atoms with Gasteiger partial charge < -0.3 is 29.0 Å². The highest BCUT2D eigenvalue weighted by atomic mass is 32.2. The van der Waals surface area contributed by atoms with Crippen LogP contribution in [0.25, 0.3) is 11.1 Å². The van der Waals surface area contributed by atoms with E-state index in [2.05, 4.69) is 15.1 Å². The highest BCUT2D eigenvalue weighted by Crippen LogP contribution is 2.41. The normalized spacial score (nSPS) is 14.3. The molecule has 0 aliphatic carbocycles. The van der Waals surface area contributed by atoms with E-state index < -0.39 is 5.60 Å². The number of anilines is 1. The van der Waals surface area contributed by atoms with Gasteiger partial charge in [-0.1, -0.05) is 12.1 Å². The van der Waals surface area contributed by atoms with E-state index in [9.17, 15) is 14.0 Å². The summed E-state index contributed by atoms with van der Waals surface area (Å²) in [6.45, 7) is 8.58. The van der Waals surface area contributed by atoms with Crippen LogP contribution in [0.3, 0.4) is 0 Å². The van der Waals surface area contributed by atoms with Crippen LogP contribution < -0.4 is 19.7 Å². The molecule has 1 fully saturated rings. The molecule has 0 atom stereocenters. The van der Waals surface area contributed by atoms with Crippen molar-refractivity contribution in [2.45, 2.75) is 51.7 Å². The van der Waals surface area contributed by atoms with E-state index in [1.807, 2.05) is 45.2 Å². The van der Waals surface area contributed by atoms with Crippen LogP contribution in [0.4, 0.5) is 10.1 Å². The summed E-state index contributed by atoms with van der Waals surface area (Å²) in [6.07, 6.45) is 2.97. The number of carbonyl (C=O) groups excluding carboxylic acids is 2. The lowest BCUT2D eigenvalue weighted by Gasteiger charge is -2.42. The van der Waals surface area contributed by atoms with E-state index in [0.29, 0.717) is 75.0 Å². The lowest BCUT2D eigenvalue weighted by Crippen LogP contribution is -2.51. The molecule has 0 unspecified atom stereocenters. The molecule has 47 heavy (non-hydrogen) atoms. The Labute approximate surface area is 281 Å². The van der Waals surface area contributed by atoms with E-state index in [1.54, 1.807) is 24.3 Å². The molecule has 0 bridgehead atoms. The number of nitrogens with one attached hydrogen (secondary N) is 1. The molecule has 1 aliphatic heterocycles. The molecule has 2 N–H and O–H groups in total. The maximum Gasteiger partial charge on any atom is 0.293 e. The third-order valence-corrected chi connectivity index (χ3v) is 8.84. The summed E-state index contributed by atoms with van der Waals surface area (Å²) in [5.74, 6) is 1.61. The first kappa shape index (κ1) is 36.0. The Morgan fingerprint density at radius 1 is 1.02 bits per heavy atom. The van der Waals surface area contributed by atoms with Crippen molar-refractivity contribution < 1.29 is 32.7 Å². The highest BCUT2D eigenvalue weighted by Gasteiger charge is 2.38. The standard InChI is InChI=1S/C36H46FN3O6S/c1-4-44-32-22-27(23-33(45-5-2)34(32)28-8-12-30(37)13-9-28)24-40-19-16-36(17-20-40,46-26-41)25-39(3)31-14-10-29(11-15-31)35(42)38-18-6-7-21-47-43/h8-15,22-23,26,43H,4-7,16-21,24-25H2,1-3H3,(H,38,42). The summed E-state index contributed by atoms with van der Waals surface area (Å²) in [5.41, 5.74) is 3.53. The van der Waals surface area contributed by atoms with Crippen molar-refractivity contribution in [1.82, 2.24) is 10.2 Å². The van der Waals surface area contributed by atoms with E-state index >= 15 is 0 Å². The van der Waals surface area contributed by atoms with Crippen LogP contribution in [0.2, 0.25) is 0 Å². The van der Waals surface area contributed by atoms with Gasteiger partial charge in [0.25, 0.3) is 12.4 Å². The van der Waals surface area contributed by atoms with Gasteiger partial charge in [-0.25, -0.2) is 4.39 Å². The number of halogens is 1. The summed E-state index contributed by atoms with van der Waals surface area (Å²) >= 11 is 0.815. The highest BCUT2D eigenvalue weighted by molar-refractivity contribution is 7.93. The van der Waals surface area contributed by atoms with Gasteiger partial charge in [0.1, 0.15) is 22.9 Å². The van der Waals surface area contributed by atoms with Crippen molar-refractivity contribution in [1.29, 1.82) is 0 Å². The summed E-state index contributed by atoms with van der Waals surface area (Å²) in [5, 5.41) is 2.91. The number of hydrogen-bond acceptors (Lipinski definition) is 9. The maximum atomic E-state index is 13.7. The first-order valence-electron chi connectivity index (χ1n) is 16.2. The first-order chi connectivity index (χ1) is 22.8. The monoisotopic (exact) mass is 667 g/mol. The van der Waals surface area contributed by atoms with Crippen molar-refractivity contribution >= 4 is 30.1 Å². The maximum absolute atomic E-state index is 13.7. The molecule has 0 saturated carbocycles. The molecule has 1 saturated heterocycles. The fraction of sp³-hybridized carbons (Fsp3) is 0.444. The number of amides is 1. The van der Waals surface area contributed by atoms with Crippen LogP contribution >= 0.6 is 12.0 Å². The molecular weight excluding hydrogens is 621 g/mol. The fourth-order valence-corrected chi connectivity index (χ4v) is 6.29. The Kier molecular flexibility index (Phi) is 13.8. The quantitative estimate of drug-likeness (QED) is 0.0878. The molecule has 0 spiro atoms. The van der Waals surface area contributed by atoms with Gasteiger partial charge in [-0.15, -0.1) is 0 Å². The van der Waals surface area contributed by atoms with E-state index in [-0.39, 0.29) is 11.7 Å². The summed E-state index contributed by atoms with van der Waals surface area (Å²) in [4.78, 5) is 28.5. The second-order valence-electron chi connectivity index (χ2n) is 11.7. The Morgan fingerprint density at radius 3 is 2.23 bits per heavy atom. The van der Waals surface area contributed by atoms with Crippen LogP contribution in [0, 0.1) is 5.82 Å². The molecule has 3 aromatic carbocycles. The zero-order valence-electron chi connectivity index (χ0n) is 27.5. The molecule has 9 nitrogen and oxygen atoms in total. The molecule has 0 aromatic heterocycles. The zero-order chi connectivity index (χ0) is 33.6. The number of nitrogens with zero attached hydrogens (tertiary/aromatic N) is 2. The fourth-order valence-electron chi connectivity index (χ4n) is 5.95. The molecule has 0 radical (unpaired) electrons. The lowest BCUT2D eigenvalue weighted by atomic mass is 9.90. The largest absolute Gasteiger partial charge is 0.493 e. The average molecular weight is 668 g/mol. The van der Waals surface area contributed by atoms with Gasteiger partial charge >= 0.3 is 0 Å². The van der Waals surface area contributed by atoms with Gasteiger partial charge in [-0.05, 0) is 98.4 Å². The van der Waals surface area contributed by atoms with Gasteiger partial charge in [-0.2, -0.15) is 0 Å². The molecule has 254 valence electrons. The van der Waals surface area contributed by atoms with Crippen molar-refractivity contribution in [3.8, 4) is 22.6 Å². The number of rotatable bonds is 18. The molecule has 1 aliphatic rings. The number of ether oxygens (including phenoxy) is 3. The van der Waals surface area contributed by atoms with Gasteiger partial charge in [0.15, 0.2) is 0 Å². The minimum atomic E-state index is -0.644.